The van der Waals surface area contributed by atoms with Gasteiger partial charge in [0.1, 0.15) is 5.75 Å². The third-order valence-corrected chi connectivity index (χ3v) is 7.28. The zero-order chi connectivity index (χ0) is 15.7. The molecule has 0 amide bonds. The quantitative estimate of drug-likeness (QED) is 0.817. The molecule has 0 bridgehead atoms. The number of hydrogen-bond acceptors (Lipinski definition) is 5. The minimum absolute atomic E-state index is 0.249. The van der Waals surface area contributed by atoms with Crippen LogP contribution >= 0.6 is 0 Å². The van der Waals surface area contributed by atoms with E-state index in [-0.39, 0.29) is 18.0 Å². The standard InChI is InChI=1S/C13H19NO5S2/c1-19-11-3-5-12(6-4-11)21(17,18)13-7-9-14(10-8-13)20(2,15)16/h3-6,13H,7-10H2,1-2H3. The number of sulfone groups is 1. The number of nitrogens with zero attached hydrogens (tertiary/aromatic N) is 1. The van der Waals surface area contributed by atoms with Crippen LogP contribution in [0.15, 0.2) is 29.2 Å². The van der Waals surface area contributed by atoms with Gasteiger partial charge in [-0.2, -0.15) is 0 Å². The Bertz CT molecular complexity index is 687. The third-order valence-electron chi connectivity index (χ3n) is 3.70. The van der Waals surface area contributed by atoms with Crippen LogP contribution in [0.5, 0.6) is 5.75 Å². The van der Waals surface area contributed by atoms with Crippen molar-refractivity contribution in [2.24, 2.45) is 0 Å². The fourth-order valence-corrected chi connectivity index (χ4v) is 5.04. The molecule has 0 saturated carbocycles. The predicted octanol–water partition coefficient (Wildman–Crippen LogP) is 0.893. The Kier molecular flexibility index (Phi) is 4.60. The first-order chi connectivity index (χ1) is 9.75. The average molecular weight is 333 g/mol. The van der Waals surface area contributed by atoms with Crippen molar-refractivity contribution in [3.8, 4) is 5.75 Å². The number of sulfonamides is 1. The van der Waals surface area contributed by atoms with Gasteiger partial charge < -0.3 is 4.74 Å². The van der Waals surface area contributed by atoms with Crippen molar-refractivity contribution in [1.82, 2.24) is 4.31 Å². The van der Waals surface area contributed by atoms with Gasteiger partial charge >= 0.3 is 0 Å². The minimum atomic E-state index is -3.43. The van der Waals surface area contributed by atoms with Crippen molar-refractivity contribution in [3.63, 3.8) is 0 Å². The van der Waals surface area contributed by atoms with E-state index in [9.17, 15) is 16.8 Å². The SMILES string of the molecule is COc1ccc(S(=O)(=O)C2CCN(S(C)(=O)=O)CC2)cc1. The molecule has 0 unspecified atom stereocenters. The molecule has 0 radical (unpaired) electrons. The largest absolute Gasteiger partial charge is 0.497 e. The molecule has 1 aromatic rings. The Labute approximate surface area is 125 Å². The molecular weight excluding hydrogens is 314 g/mol. The van der Waals surface area contributed by atoms with Gasteiger partial charge in [-0.15, -0.1) is 0 Å². The Balaban J connectivity index is 2.14. The summed E-state index contributed by atoms with van der Waals surface area (Å²) < 4.78 is 54.3. The summed E-state index contributed by atoms with van der Waals surface area (Å²) in [7, 11) is -5.16. The second-order valence-corrected chi connectivity index (χ2v) is 9.29. The first kappa shape index (κ1) is 16.3. The van der Waals surface area contributed by atoms with Crippen LogP contribution in [0, 0.1) is 0 Å². The van der Waals surface area contributed by atoms with E-state index in [0.717, 1.165) is 6.26 Å². The average Bonchev–Trinajstić information content (AvgIpc) is 2.46. The Hall–Kier alpha value is -1.12. The molecule has 6 nitrogen and oxygen atoms in total. The van der Waals surface area contributed by atoms with Gasteiger partial charge in [0.15, 0.2) is 9.84 Å². The summed E-state index contributed by atoms with van der Waals surface area (Å²) in [4.78, 5) is 0.251. The van der Waals surface area contributed by atoms with Crippen LogP contribution in [0.1, 0.15) is 12.8 Å². The Morgan fingerprint density at radius 3 is 2.00 bits per heavy atom. The molecule has 118 valence electrons. The third kappa shape index (κ3) is 3.56. The molecule has 21 heavy (non-hydrogen) atoms. The molecule has 0 aromatic heterocycles. The Morgan fingerprint density at radius 1 is 1.05 bits per heavy atom. The zero-order valence-electron chi connectivity index (χ0n) is 12.0. The second-order valence-electron chi connectivity index (χ2n) is 5.08. The van der Waals surface area contributed by atoms with E-state index in [1.54, 1.807) is 12.1 Å². The summed E-state index contributed by atoms with van der Waals surface area (Å²) in [6.45, 7) is 0.498. The number of rotatable bonds is 4. The molecule has 1 saturated heterocycles. The fraction of sp³-hybridized carbons (Fsp3) is 0.538. The van der Waals surface area contributed by atoms with Crippen molar-refractivity contribution < 1.29 is 21.6 Å². The van der Waals surface area contributed by atoms with Crippen LogP contribution in [0.2, 0.25) is 0 Å². The summed E-state index contributed by atoms with van der Waals surface area (Å²) >= 11 is 0. The monoisotopic (exact) mass is 333 g/mol. The van der Waals surface area contributed by atoms with Gasteiger partial charge in [-0.1, -0.05) is 0 Å². The minimum Gasteiger partial charge on any atom is -0.497 e. The molecule has 1 aliphatic heterocycles. The smallest absolute Gasteiger partial charge is 0.211 e. The molecule has 0 atom stereocenters. The van der Waals surface area contributed by atoms with E-state index in [1.165, 1.54) is 23.5 Å². The highest BCUT2D eigenvalue weighted by Crippen LogP contribution is 2.26. The molecule has 0 aliphatic carbocycles. The summed E-state index contributed by atoms with van der Waals surface area (Å²) in [5.74, 6) is 0.598. The van der Waals surface area contributed by atoms with Crippen molar-refractivity contribution in [2.45, 2.75) is 23.0 Å². The van der Waals surface area contributed by atoms with Gasteiger partial charge in [-0.3, -0.25) is 0 Å². The van der Waals surface area contributed by atoms with Crippen molar-refractivity contribution >= 4 is 19.9 Å². The van der Waals surface area contributed by atoms with Crippen LogP contribution in [0.4, 0.5) is 0 Å². The lowest BCUT2D eigenvalue weighted by atomic mass is 10.2. The zero-order valence-corrected chi connectivity index (χ0v) is 13.7. The maximum absolute atomic E-state index is 12.5. The van der Waals surface area contributed by atoms with E-state index in [1.807, 2.05) is 0 Å². The van der Waals surface area contributed by atoms with Crippen LogP contribution < -0.4 is 4.74 Å². The molecule has 8 heteroatoms. The van der Waals surface area contributed by atoms with E-state index in [2.05, 4.69) is 0 Å². The van der Waals surface area contributed by atoms with Gasteiger partial charge in [0, 0.05) is 13.1 Å². The first-order valence-corrected chi connectivity index (χ1v) is 9.97. The number of ether oxygens (including phenoxy) is 1. The van der Waals surface area contributed by atoms with Gasteiger partial charge in [0.25, 0.3) is 0 Å². The highest BCUT2D eigenvalue weighted by atomic mass is 32.2. The van der Waals surface area contributed by atoms with Crippen LogP contribution in [-0.4, -0.2) is 52.8 Å². The predicted molar refractivity (Wildman–Crippen MR) is 79.6 cm³/mol. The topological polar surface area (TPSA) is 80.8 Å². The normalized spacial score (nSPS) is 18.6. The Morgan fingerprint density at radius 2 is 1.57 bits per heavy atom. The molecule has 1 aromatic carbocycles. The second kappa shape index (κ2) is 5.94. The number of hydrogen-bond donors (Lipinski definition) is 0. The molecule has 1 aliphatic rings. The summed E-state index contributed by atoms with van der Waals surface area (Å²) in [5, 5.41) is -0.538. The van der Waals surface area contributed by atoms with E-state index in [4.69, 9.17) is 4.74 Å². The fourth-order valence-electron chi connectivity index (χ4n) is 2.43. The van der Waals surface area contributed by atoms with Crippen molar-refractivity contribution in [1.29, 1.82) is 0 Å². The van der Waals surface area contributed by atoms with Gasteiger partial charge in [0.05, 0.1) is 23.5 Å². The molecule has 0 spiro atoms. The van der Waals surface area contributed by atoms with Gasteiger partial charge in [-0.25, -0.2) is 21.1 Å². The van der Waals surface area contributed by atoms with E-state index in [0.29, 0.717) is 18.6 Å². The lowest BCUT2D eigenvalue weighted by Crippen LogP contribution is -2.41. The van der Waals surface area contributed by atoms with Crippen LogP contribution in [0.3, 0.4) is 0 Å². The number of methoxy groups -OCH3 is 1. The van der Waals surface area contributed by atoms with Crippen molar-refractivity contribution in [3.05, 3.63) is 24.3 Å². The molecule has 0 N–H and O–H groups in total. The van der Waals surface area contributed by atoms with Crippen molar-refractivity contribution in [2.75, 3.05) is 26.5 Å². The molecule has 1 heterocycles. The van der Waals surface area contributed by atoms with E-state index < -0.39 is 25.1 Å². The van der Waals surface area contributed by atoms with E-state index >= 15 is 0 Å². The molecule has 2 rings (SSSR count). The lowest BCUT2D eigenvalue weighted by molar-refractivity contribution is 0.348. The first-order valence-electron chi connectivity index (χ1n) is 6.58. The summed E-state index contributed by atoms with van der Waals surface area (Å²) in [6.07, 6.45) is 1.79. The lowest BCUT2D eigenvalue weighted by Gasteiger charge is -2.29. The number of benzene rings is 1. The number of piperidine rings is 1. The highest BCUT2D eigenvalue weighted by Gasteiger charge is 2.33. The van der Waals surface area contributed by atoms with Crippen LogP contribution in [0.25, 0.3) is 0 Å². The molecular formula is C13H19NO5S2. The maximum Gasteiger partial charge on any atom is 0.211 e. The highest BCUT2D eigenvalue weighted by molar-refractivity contribution is 7.92. The molecule has 1 fully saturated rings. The van der Waals surface area contributed by atoms with Gasteiger partial charge in [0.2, 0.25) is 10.0 Å². The van der Waals surface area contributed by atoms with Gasteiger partial charge in [-0.05, 0) is 37.1 Å². The summed E-state index contributed by atoms with van der Waals surface area (Å²) in [6, 6.07) is 6.27. The maximum atomic E-state index is 12.5. The van der Waals surface area contributed by atoms with Crippen LogP contribution in [-0.2, 0) is 19.9 Å². The summed E-state index contributed by atoms with van der Waals surface area (Å²) in [5.41, 5.74) is 0.